The number of carbonyl (C=O) groups is 2. The molecule has 2 heterocycles. The number of carboxylic acid groups (broad SMARTS) is 1. The standard InChI is InChI=1S/C25H32N2O5S2/c1-17-8-10-19(11-9-17)23(28)27(20-12-14-26(15-13-20)34(2,31)32)24-21(25(29)30)16-22(33-24)18-6-4-3-5-7-18/h3-7,16-17,19-20H,8-15H2,1-2H3,(H,29,30). The number of carbonyl (C=O) groups excluding carboxylic acids is 1. The van der Waals surface area contributed by atoms with Crippen LogP contribution in [0.2, 0.25) is 0 Å². The molecule has 2 fully saturated rings. The van der Waals surface area contributed by atoms with Gasteiger partial charge in [0.1, 0.15) is 5.00 Å². The van der Waals surface area contributed by atoms with Gasteiger partial charge in [0.2, 0.25) is 15.9 Å². The van der Waals surface area contributed by atoms with E-state index < -0.39 is 16.0 Å². The molecule has 0 radical (unpaired) electrons. The highest BCUT2D eigenvalue weighted by molar-refractivity contribution is 7.88. The van der Waals surface area contributed by atoms with Gasteiger partial charge in [-0.15, -0.1) is 11.3 Å². The van der Waals surface area contributed by atoms with Gasteiger partial charge in [0.05, 0.1) is 11.8 Å². The van der Waals surface area contributed by atoms with Crippen LogP contribution in [0.25, 0.3) is 10.4 Å². The Morgan fingerprint density at radius 1 is 1.03 bits per heavy atom. The van der Waals surface area contributed by atoms with Crippen molar-refractivity contribution in [3.63, 3.8) is 0 Å². The number of nitrogens with zero attached hydrogens (tertiary/aromatic N) is 2. The van der Waals surface area contributed by atoms with Gasteiger partial charge in [-0.05, 0) is 56.1 Å². The molecule has 1 saturated carbocycles. The zero-order valence-corrected chi connectivity index (χ0v) is 21.3. The van der Waals surface area contributed by atoms with Crippen LogP contribution < -0.4 is 4.90 Å². The maximum atomic E-state index is 13.9. The van der Waals surface area contributed by atoms with Gasteiger partial charge < -0.3 is 5.11 Å². The Balaban J connectivity index is 1.71. The summed E-state index contributed by atoms with van der Waals surface area (Å²) in [5.41, 5.74) is 1.04. The van der Waals surface area contributed by atoms with E-state index in [1.165, 1.54) is 21.9 Å². The number of hydrogen-bond donors (Lipinski definition) is 1. The smallest absolute Gasteiger partial charge is 0.338 e. The van der Waals surface area contributed by atoms with Crippen LogP contribution in [-0.2, 0) is 14.8 Å². The van der Waals surface area contributed by atoms with Crippen molar-refractivity contribution in [3.05, 3.63) is 42.0 Å². The minimum Gasteiger partial charge on any atom is -0.478 e. The van der Waals surface area contributed by atoms with Gasteiger partial charge in [0.15, 0.2) is 0 Å². The summed E-state index contributed by atoms with van der Waals surface area (Å²) in [5.74, 6) is -0.615. The normalized spacial score (nSPS) is 22.4. The summed E-state index contributed by atoms with van der Waals surface area (Å²) in [6.07, 6.45) is 5.76. The van der Waals surface area contributed by atoms with E-state index in [4.69, 9.17) is 0 Å². The number of thiophene rings is 1. The van der Waals surface area contributed by atoms with Gasteiger partial charge in [-0.3, -0.25) is 9.69 Å². The maximum absolute atomic E-state index is 13.9. The number of hydrogen-bond acceptors (Lipinski definition) is 5. The second kappa shape index (κ2) is 10.2. The summed E-state index contributed by atoms with van der Waals surface area (Å²) >= 11 is 1.33. The third kappa shape index (κ3) is 5.37. The number of anilines is 1. The van der Waals surface area contributed by atoms with Crippen LogP contribution in [0.5, 0.6) is 0 Å². The number of aromatic carboxylic acids is 1. The molecule has 2 aromatic rings. The second-order valence-corrected chi connectivity index (χ2v) is 12.6. The van der Waals surface area contributed by atoms with Crippen LogP contribution in [0, 0.1) is 11.8 Å². The van der Waals surface area contributed by atoms with Crippen molar-refractivity contribution < 1.29 is 23.1 Å². The molecule has 34 heavy (non-hydrogen) atoms. The molecule has 1 N–H and O–H groups in total. The summed E-state index contributed by atoms with van der Waals surface area (Å²) in [6.45, 7) is 2.86. The molecule has 4 rings (SSSR count). The van der Waals surface area contributed by atoms with Crippen LogP contribution in [-0.4, -0.2) is 55.1 Å². The zero-order valence-electron chi connectivity index (χ0n) is 19.6. The highest BCUT2D eigenvalue weighted by Crippen LogP contribution is 2.42. The van der Waals surface area contributed by atoms with E-state index in [-0.39, 0.29) is 23.4 Å². The molecule has 2 aliphatic rings. The van der Waals surface area contributed by atoms with Gasteiger partial charge in [-0.25, -0.2) is 17.5 Å². The van der Waals surface area contributed by atoms with Gasteiger partial charge >= 0.3 is 5.97 Å². The SMILES string of the molecule is CC1CCC(C(=O)N(c2sc(-c3ccccc3)cc2C(=O)O)C2CCN(S(C)(=O)=O)CC2)CC1. The molecular formula is C25H32N2O5S2. The fraction of sp³-hybridized carbons (Fsp3) is 0.520. The number of sulfonamides is 1. The van der Waals surface area contributed by atoms with E-state index >= 15 is 0 Å². The van der Waals surface area contributed by atoms with Crippen molar-refractivity contribution in [2.75, 3.05) is 24.2 Å². The molecule has 0 unspecified atom stereocenters. The highest BCUT2D eigenvalue weighted by atomic mass is 32.2. The Labute approximate surface area is 205 Å². The summed E-state index contributed by atoms with van der Waals surface area (Å²) < 4.78 is 25.5. The summed E-state index contributed by atoms with van der Waals surface area (Å²) in [4.78, 5) is 28.7. The van der Waals surface area contributed by atoms with Crippen LogP contribution in [0.4, 0.5) is 5.00 Å². The van der Waals surface area contributed by atoms with E-state index in [2.05, 4.69) is 6.92 Å². The number of piperidine rings is 1. The average Bonchev–Trinajstić information content (AvgIpc) is 3.25. The summed E-state index contributed by atoms with van der Waals surface area (Å²) in [7, 11) is -3.30. The lowest BCUT2D eigenvalue weighted by atomic mass is 9.82. The Morgan fingerprint density at radius 2 is 1.65 bits per heavy atom. The van der Waals surface area contributed by atoms with Crippen LogP contribution in [0.15, 0.2) is 36.4 Å². The largest absolute Gasteiger partial charge is 0.478 e. The minimum atomic E-state index is -3.30. The minimum absolute atomic E-state index is 0.0198. The first kappa shape index (κ1) is 24.9. The van der Waals surface area contributed by atoms with Crippen LogP contribution in [0.1, 0.15) is 55.8 Å². The summed E-state index contributed by atoms with van der Waals surface area (Å²) in [6, 6.07) is 11.0. The lowest BCUT2D eigenvalue weighted by molar-refractivity contribution is -0.124. The Morgan fingerprint density at radius 3 is 2.21 bits per heavy atom. The Bertz CT molecular complexity index is 1130. The van der Waals surface area contributed by atoms with Crippen molar-refractivity contribution in [2.45, 2.75) is 51.5 Å². The molecule has 9 heteroatoms. The van der Waals surface area contributed by atoms with Crippen LogP contribution >= 0.6 is 11.3 Å². The molecule has 1 aromatic heterocycles. The van der Waals surface area contributed by atoms with Gasteiger partial charge in [-0.2, -0.15) is 0 Å². The van der Waals surface area contributed by atoms with Crippen LogP contribution in [0.3, 0.4) is 0 Å². The van der Waals surface area contributed by atoms with E-state index in [0.29, 0.717) is 36.9 Å². The molecule has 1 amide bonds. The molecule has 184 valence electrons. The van der Waals surface area contributed by atoms with Crippen molar-refractivity contribution in [3.8, 4) is 10.4 Å². The van der Waals surface area contributed by atoms with E-state index in [1.807, 2.05) is 30.3 Å². The average molecular weight is 505 g/mol. The zero-order chi connectivity index (χ0) is 24.5. The highest BCUT2D eigenvalue weighted by Gasteiger charge is 2.38. The first-order chi connectivity index (χ1) is 16.1. The Hall–Kier alpha value is -2.23. The third-order valence-electron chi connectivity index (χ3n) is 7.08. The molecule has 7 nitrogen and oxygen atoms in total. The van der Waals surface area contributed by atoms with Gasteiger partial charge in [0.25, 0.3) is 0 Å². The molecule has 1 saturated heterocycles. The third-order valence-corrected chi connectivity index (χ3v) is 9.57. The first-order valence-corrected chi connectivity index (χ1v) is 14.5. The number of rotatable bonds is 6. The molecule has 1 aliphatic carbocycles. The topological polar surface area (TPSA) is 95.0 Å². The first-order valence-electron chi connectivity index (χ1n) is 11.9. The van der Waals surface area contributed by atoms with Gasteiger partial charge in [0, 0.05) is 29.9 Å². The quantitative estimate of drug-likeness (QED) is 0.615. The van der Waals surface area contributed by atoms with Crippen molar-refractivity contribution in [2.24, 2.45) is 11.8 Å². The van der Waals surface area contributed by atoms with Crippen molar-refractivity contribution >= 4 is 38.2 Å². The molecule has 0 bridgehead atoms. The van der Waals surface area contributed by atoms with E-state index in [1.54, 1.807) is 11.0 Å². The van der Waals surface area contributed by atoms with Crippen molar-refractivity contribution in [1.29, 1.82) is 0 Å². The molecule has 0 atom stereocenters. The molecule has 1 aromatic carbocycles. The predicted molar refractivity (Wildman–Crippen MR) is 135 cm³/mol. The number of benzene rings is 1. The molecular weight excluding hydrogens is 472 g/mol. The maximum Gasteiger partial charge on any atom is 0.338 e. The monoisotopic (exact) mass is 504 g/mol. The van der Waals surface area contributed by atoms with Crippen molar-refractivity contribution in [1.82, 2.24) is 4.31 Å². The lowest BCUT2D eigenvalue weighted by Gasteiger charge is -2.39. The summed E-state index contributed by atoms with van der Waals surface area (Å²) in [5, 5.41) is 10.5. The number of amides is 1. The molecule has 0 spiro atoms. The van der Waals surface area contributed by atoms with E-state index in [0.717, 1.165) is 36.1 Å². The second-order valence-electron chi connectivity index (χ2n) is 9.56. The number of carboxylic acids is 1. The fourth-order valence-corrected chi connectivity index (χ4v) is 7.15. The predicted octanol–water partition coefficient (Wildman–Crippen LogP) is 4.70. The van der Waals surface area contributed by atoms with E-state index in [9.17, 15) is 23.1 Å². The Kier molecular flexibility index (Phi) is 7.45. The lowest BCUT2D eigenvalue weighted by Crippen LogP contribution is -2.50. The van der Waals surface area contributed by atoms with Gasteiger partial charge in [-0.1, -0.05) is 37.3 Å². The fourth-order valence-electron chi connectivity index (χ4n) is 5.04. The molecule has 1 aliphatic heterocycles.